The van der Waals surface area contributed by atoms with Crippen molar-refractivity contribution in [2.24, 2.45) is 0 Å². The van der Waals surface area contributed by atoms with E-state index < -0.39 is 12.6 Å². The number of imide groups is 1. The quantitative estimate of drug-likeness (QED) is 0.340. The number of halogens is 1. The minimum absolute atomic E-state index is 0.158. The van der Waals surface area contributed by atoms with E-state index in [1.807, 2.05) is 22.6 Å². The third kappa shape index (κ3) is 4.79. The number of amides is 2. The molecule has 7 nitrogen and oxygen atoms in total. The maximum absolute atomic E-state index is 12.3. The molecular formula is C17H16INO6S. The predicted molar refractivity (Wildman–Crippen MR) is 106 cm³/mol. The zero-order chi connectivity index (χ0) is 19.3. The van der Waals surface area contributed by atoms with Gasteiger partial charge in [0.1, 0.15) is 0 Å². The monoisotopic (exact) mass is 489 g/mol. The lowest BCUT2D eigenvalue weighted by molar-refractivity contribution is -0.139. The summed E-state index contributed by atoms with van der Waals surface area (Å²) in [5, 5.41) is 8.45. The third-order valence-electron chi connectivity index (χ3n) is 3.15. The first-order valence-electron chi connectivity index (χ1n) is 7.54. The summed E-state index contributed by atoms with van der Waals surface area (Å²) < 4.78 is 11.5. The first-order chi connectivity index (χ1) is 12.4. The summed E-state index contributed by atoms with van der Waals surface area (Å²) in [6.45, 7) is 5.36. The number of aliphatic carboxylic acids is 1. The van der Waals surface area contributed by atoms with Crippen molar-refractivity contribution < 1.29 is 29.0 Å². The van der Waals surface area contributed by atoms with Crippen molar-refractivity contribution in [1.82, 2.24) is 4.90 Å². The Morgan fingerprint density at radius 3 is 2.73 bits per heavy atom. The molecule has 1 aliphatic heterocycles. The van der Waals surface area contributed by atoms with E-state index in [0.717, 1.165) is 16.7 Å². The van der Waals surface area contributed by atoms with Crippen molar-refractivity contribution in [3.8, 4) is 11.5 Å². The third-order valence-corrected chi connectivity index (χ3v) is 4.86. The van der Waals surface area contributed by atoms with Gasteiger partial charge in [-0.05, 0) is 65.0 Å². The Morgan fingerprint density at radius 2 is 2.12 bits per heavy atom. The average molecular weight is 489 g/mol. The summed E-state index contributed by atoms with van der Waals surface area (Å²) in [4.78, 5) is 36.3. The zero-order valence-electron chi connectivity index (χ0n) is 13.9. The highest BCUT2D eigenvalue weighted by molar-refractivity contribution is 14.1. The van der Waals surface area contributed by atoms with Crippen LogP contribution in [0.3, 0.4) is 0 Å². The van der Waals surface area contributed by atoms with E-state index in [1.165, 1.54) is 6.08 Å². The smallest absolute Gasteiger partial charge is 0.341 e. The van der Waals surface area contributed by atoms with Gasteiger partial charge < -0.3 is 14.6 Å². The van der Waals surface area contributed by atoms with Gasteiger partial charge in [-0.2, -0.15) is 0 Å². The van der Waals surface area contributed by atoms with Crippen LogP contribution in [-0.4, -0.2) is 46.9 Å². The second-order valence-corrected chi connectivity index (χ2v) is 7.18. The maximum atomic E-state index is 12.3. The Hall–Kier alpha value is -2.01. The molecule has 0 spiro atoms. The lowest BCUT2D eigenvalue weighted by Gasteiger charge is -2.13. The number of thioether (sulfide) groups is 1. The van der Waals surface area contributed by atoms with E-state index >= 15 is 0 Å². The van der Waals surface area contributed by atoms with Crippen LogP contribution in [0.1, 0.15) is 12.5 Å². The SMILES string of the molecule is C=CCN1C(=O)SC(=Cc2cc(I)c(OCC(=O)O)c(OCC)c2)C1=O. The van der Waals surface area contributed by atoms with E-state index in [4.69, 9.17) is 14.6 Å². The average Bonchev–Trinajstić information content (AvgIpc) is 2.82. The number of carboxylic acids is 1. The number of ether oxygens (including phenoxy) is 2. The summed E-state index contributed by atoms with van der Waals surface area (Å²) in [5.41, 5.74) is 0.643. The van der Waals surface area contributed by atoms with Crippen LogP contribution in [0, 0.1) is 3.57 Å². The van der Waals surface area contributed by atoms with Gasteiger partial charge in [-0.15, -0.1) is 6.58 Å². The molecule has 1 aromatic rings. The fraction of sp³-hybridized carbons (Fsp3) is 0.235. The number of benzene rings is 1. The molecule has 1 saturated heterocycles. The van der Waals surface area contributed by atoms with Gasteiger partial charge in [-0.1, -0.05) is 6.08 Å². The van der Waals surface area contributed by atoms with Crippen LogP contribution in [0.25, 0.3) is 6.08 Å². The Balaban J connectivity index is 2.35. The first-order valence-corrected chi connectivity index (χ1v) is 9.44. The van der Waals surface area contributed by atoms with Crippen LogP contribution in [0.15, 0.2) is 29.7 Å². The Labute approximate surface area is 168 Å². The predicted octanol–water partition coefficient (Wildman–Crippen LogP) is 3.38. The molecule has 1 heterocycles. The number of hydrogen-bond donors (Lipinski definition) is 1. The van der Waals surface area contributed by atoms with Crippen molar-refractivity contribution in [1.29, 1.82) is 0 Å². The van der Waals surface area contributed by atoms with Crippen molar-refractivity contribution in [2.45, 2.75) is 6.92 Å². The summed E-state index contributed by atoms with van der Waals surface area (Å²) >= 11 is 2.86. The molecule has 2 rings (SSSR count). The molecule has 2 amide bonds. The Bertz CT molecular complexity index is 792. The molecular weight excluding hydrogens is 473 g/mol. The summed E-state index contributed by atoms with van der Waals surface area (Å²) in [6, 6.07) is 3.37. The van der Waals surface area contributed by atoms with Crippen LogP contribution < -0.4 is 9.47 Å². The highest BCUT2D eigenvalue weighted by atomic mass is 127. The molecule has 1 fully saturated rings. The van der Waals surface area contributed by atoms with E-state index in [9.17, 15) is 14.4 Å². The fourth-order valence-electron chi connectivity index (χ4n) is 2.15. The van der Waals surface area contributed by atoms with Gasteiger partial charge in [-0.25, -0.2) is 4.79 Å². The molecule has 0 aliphatic carbocycles. The molecule has 0 aromatic heterocycles. The minimum atomic E-state index is -1.09. The van der Waals surface area contributed by atoms with Crippen molar-refractivity contribution in [3.63, 3.8) is 0 Å². The molecule has 0 unspecified atom stereocenters. The lowest BCUT2D eigenvalue weighted by atomic mass is 10.2. The molecule has 1 aromatic carbocycles. The minimum Gasteiger partial charge on any atom is -0.490 e. The molecule has 0 saturated carbocycles. The summed E-state index contributed by atoms with van der Waals surface area (Å²) in [7, 11) is 0. The van der Waals surface area contributed by atoms with Gasteiger partial charge in [0, 0.05) is 6.54 Å². The number of rotatable bonds is 8. The molecule has 138 valence electrons. The molecule has 0 radical (unpaired) electrons. The fourth-order valence-corrected chi connectivity index (χ4v) is 3.78. The number of carbonyl (C=O) groups excluding carboxylic acids is 2. The van der Waals surface area contributed by atoms with E-state index in [2.05, 4.69) is 6.58 Å². The Morgan fingerprint density at radius 1 is 1.38 bits per heavy atom. The number of hydrogen-bond acceptors (Lipinski definition) is 6. The van der Waals surface area contributed by atoms with Crippen molar-refractivity contribution in [3.05, 3.63) is 38.8 Å². The highest BCUT2D eigenvalue weighted by Crippen LogP contribution is 2.37. The maximum Gasteiger partial charge on any atom is 0.341 e. The number of carboxylic acid groups (broad SMARTS) is 1. The van der Waals surface area contributed by atoms with Crippen molar-refractivity contribution in [2.75, 3.05) is 19.8 Å². The van der Waals surface area contributed by atoms with E-state index in [-0.39, 0.29) is 17.7 Å². The lowest BCUT2D eigenvalue weighted by Crippen LogP contribution is -2.27. The van der Waals surface area contributed by atoms with Crippen LogP contribution in [0.4, 0.5) is 4.79 Å². The topological polar surface area (TPSA) is 93.1 Å². The molecule has 0 atom stereocenters. The van der Waals surface area contributed by atoms with Gasteiger partial charge in [-0.3, -0.25) is 14.5 Å². The molecule has 26 heavy (non-hydrogen) atoms. The molecule has 1 aliphatic rings. The highest BCUT2D eigenvalue weighted by Gasteiger charge is 2.34. The van der Waals surface area contributed by atoms with Crippen molar-refractivity contribution >= 4 is 57.5 Å². The standard InChI is InChI=1S/C17H16INO6S/c1-3-5-19-16(22)13(26-17(19)23)8-10-6-11(18)15(25-9-14(20)21)12(7-10)24-4-2/h3,6-8H,1,4-5,9H2,2H3,(H,20,21). The molecule has 0 bridgehead atoms. The summed E-state index contributed by atoms with van der Waals surface area (Å²) in [6.07, 6.45) is 3.09. The summed E-state index contributed by atoms with van der Waals surface area (Å²) in [5.74, 6) is -0.772. The number of nitrogens with zero attached hydrogens (tertiary/aromatic N) is 1. The zero-order valence-corrected chi connectivity index (χ0v) is 16.8. The van der Waals surface area contributed by atoms with E-state index in [1.54, 1.807) is 25.1 Å². The van der Waals surface area contributed by atoms with Crippen LogP contribution in [0.2, 0.25) is 0 Å². The first kappa shape index (κ1) is 20.3. The van der Waals surface area contributed by atoms with Gasteiger partial charge >= 0.3 is 5.97 Å². The second kappa shape index (κ2) is 9.08. The van der Waals surface area contributed by atoms with Gasteiger partial charge in [0.15, 0.2) is 18.1 Å². The number of carbonyl (C=O) groups is 3. The molecule has 9 heteroatoms. The Kier molecular flexibility index (Phi) is 7.09. The van der Waals surface area contributed by atoms with Gasteiger partial charge in [0.05, 0.1) is 15.1 Å². The largest absolute Gasteiger partial charge is 0.490 e. The normalized spacial score (nSPS) is 15.5. The molecule has 1 N–H and O–H groups in total. The van der Waals surface area contributed by atoms with Crippen LogP contribution >= 0.6 is 34.4 Å². The van der Waals surface area contributed by atoms with Crippen LogP contribution in [0.5, 0.6) is 11.5 Å². The van der Waals surface area contributed by atoms with E-state index in [0.29, 0.717) is 32.1 Å². The van der Waals surface area contributed by atoms with Gasteiger partial charge in [0.2, 0.25) is 0 Å². The second-order valence-electron chi connectivity index (χ2n) is 5.03. The van der Waals surface area contributed by atoms with Gasteiger partial charge in [0.25, 0.3) is 11.1 Å². The van der Waals surface area contributed by atoms with Crippen LogP contribution in [-0.2, 0) is 9.59 Å².